The number of piperazine rings is 1. The molecule has 0 atom stereocenters. The molecular formula is C25H33N5O2S. The summed E-state index contributed by atoms with van der Waals surface area (Å²) in [5.41, 5.74) is 3.06. The van der Waals surface area contributed by atoms with Crippen molar-refractivity contribution in [1.29, 1.82) is 0 Å². The number of benzene rings is 2. The summed E-state index contributed by atoms with van der Waals surface area (Å²) in [4.78, 5) is 10.1. The molecule has 3 aromatic rings. The highest BCUT2D eigenvalue weighted by molar-refractivity contribution is 7.89. The molecule has 33 heavy (non-hydrogen) atoms. The van der Waals surface area contributed by atoms with E-state index in [2.05, 4.69) is 51.6 Å². The summed E-state index contributed by atoms with van der Waals surface area (Å²) in [6.07, 6.45) is 2.98. The van der Waals surface area contributed by atoms with E-state index in [0.29, 0.717) is 18.0 Å². The minimum absolute atomic E-state index is 0.362. The van der Waals surface area contributed by atoms with Crippen molar-refractivity contribution in [3.63, 3.8) is 0 Å². The lowest BCUT2D eigenvalue weighted by Crippen LogP contribution is -2.46. The largest absolute Gasteiger partial charge is 0.369 e. The molecule has 0 bridgehead atoms. The smallest absolute Gasteiger partial charge is 0.243 e. The summed E-state index contributed by atoms with van der Waals surface area (Å²) < 4.78 is 30.1. The lowest BCUT2D eigenvalue weighted by molar-refractivity contribution is 0.241. The van der Waals surface area contributed by atoms with Gasteiger partial charge in [-0.05, 0) is 50.1 Å². The summed E-state index contributed by atoms with van der Waals surface area (Å²) in [7, 11) is -3.46. The highest BCUT2D eigenvalue weighted by Gasteiger charge is 2.27. The van der Waals surface area contributed by atoms with Crippen LogP contribution in [0.2, 0.25) is 0 Å². The van der Waals surface area contributed by atoms with Crippen molar-refractivity contribution in [2.45, 2.75) is 44.2 Å². The number of aromatic nitrogens is 2. The molecule has 3 heterocycles. The Labute approximate surface area is 196 Å². The zero-order valence-corrected chi connectivity index (χ0v) is 20.2. The normalized spacial score (nSPS) is 18.8. The summed E-state index contributed by atoms with van der Waals surface area (Å²) >= 11 is 0. The molecule has 176 valence electrons. The summed E-state index contributed by atoms with van der Waals surface area (Å²) in [6.45, 7) is 8.90. The molecule has 1 aromatic heterocycles. The predicted octanol–water partition coefficient (Wildman–Crippen LogP) is 3.55. The van der Waals surface area contributed by atoms with E-state index >= 15 is 0 Å². The van der Waals surface area contributed by atoms with Crippen molar-refractivity contribution >= 4 is 26.7 Å². The van der Waals surface area contributed by atoms with Crippen molar-refractivity contribution < 1.29 is 8.42 Å². The van der Waals surface area contributed by atoms with Crippen molar-refractivity contribution in [3.05, 3.63) is 54.4 Å². The van der Waals surface area contributed by atoms with Crippen LogP contribution >= 0.6 is 0 Å². The van der Waals surface area contributed by atoms with E-state index in [1.54, 1.807) is 16.4 Å². The van der Waals surface area contributed by atoms with E-state index in [-0.39, 0.29) is 0 Å². The molecule has 0 amide bonds. The molecular weight excluding hydrogens is 434 g/mol. The van der Waals surface area contributed by atoms with Gasteiger partial charge in [0.15, 0.2) is 0 Å². The molecule has 8 heteroatoms. The lowest BCUT2D eigenvalue weighted by Gasteiger charge is -2.36. The Hall–Kier alpha value is -2.42. The topological polar surface area (TPSA) is 61.7 Å². The minimum atomic E-state index is -3.46. The highest BCUT2D eigenvalue weighted by atomic mass is 32.2. The monoisotopic (exact) mass is 467 g/mol. The van der Waals surface area contributed by atoms with Gasteiger partial charge >= 0.3 is 0 Å². The second-order valence-corrected chi connectivity index (χ2v) is 10.9. The SMILES string of the molecule is CCn1c(CN2CCN(c3ccccc3)CC2)nc2cc(S(=O)(=O)N3CCCCC3)ccc21. The average Bonchev–Trinajstić information content (AvgIpc) is 3.21. The van der Waals surface area contributed by atoms with Crippen LogP contribution in [-0.2, 0) is 23.1 Å². The van der Waals surface area contributed by atoms with E-state index in [0.717, 1.165) is 75.4 Å². The second kappa shape index (κ2) is 9.44. The molecule has 2 aliphatic heterocycles. The standard InChI is InChI=1S/C25H33N5O2S/c1-2-30-24-12-11-22(33(31,32)29-13-7-4-8-14-29)19-23(24)26-25(30)20-27-15-17-28(18-16-27)21-9-5-3-6-10-21/h3,5-6,9-12,19H,2,4,7-8,13-18,20H2,1H3. The van der Waals surface area contributed by atoms with E-state index in [4.69, 9.17) is 4.98 Å². The van der Waals surface area contributed by atoms with E-state index in [1.165, 1.54) is 5.69 Å². The zero-order chi connectivity index (χ0) is 22.8. The third kappa shape index (κ3) is 4.52. The van der Waals surface area contributed by atoms with Gasteiger partial charge < -0.3 is 9.47 Å². The van der Waals surface area contributed by atoms with Gasteiger partial charge in [-0.15, -0.1) is 0 Å². The number of imidazole rings is 1. The first-order chi connectivity index (χ1) is 16.1. The van der Waals surface area contributed by atoms with Gasteiger partial charge in [0.25, 0.3) is 0 Å². The molecule has 0 saturated carbocycles. The first-order valence-corrected chi connectivity index (χ1v) is 13.5. The van der Waals surface area contributed by atoms with Crippen molar-refractivity contribution in [1.82, 2.24) is 18.8 Å². The lowest BCUT2D eigenvalue weighted by atomic mass is 10.2. The van der Waals surface area contributed by atoms with Crippen LogP contribution in [0.4, 0.5) is 5.69 Å². The fourth-order valence-corrected chi connectivity index (χ4v) is 6.59. The number of para-hydroxylation sites is 1. The highest BCUT2D eigenvalue weighted by Crippen LogP contribution is 2.26. The number of anilines is 1. The molecule has 0 spiro atoms. The number of rotatable bonds is 6. The van der Waals surface area contributed by atoms with E-state index in [1.807, 2.05) is 6.07 Å². The molecule has 0 radical (unpaired) electrons. The third-order valence-electron chi connectivity index (χ3n) is 6.93. The number of hydrogen-bond donors (Lipinski definition) is 0. The number of nitrogens with zero attached hydrogens (tertiary/aromatic N) is 5. The van der Waals surface area contributed by atoms with Crippen LogP contribution in [0.25, 0.3) is 11.0 Å². The fourth-order valence-electron chi connectivity index (χ4n) is 5.05. The number of fused-ring (bicyclic) bond motifs is 1. The van der Waals surface area contributed by atoms with Gasteiger partial charge in [0.2, 0.25) is 10.0 Å². The van der Waals surface area contributed by atoms with Crippen LogP contribution in [0.3, 0.4) is 0 Å². The zero-order valence-electron chi connectivity index (χ0n) is 19.4. The predicted molar refractivity (Wildman–Crippen MR) is 132 cm³/mol. The Kier molecular flexibility index (Phi) is 6.40. The average molecular weight is 468 g/mol. The molecule has 0 unspecified atom stereocenters. The Morgan fingerprint density at radius 3 is 2.30 bits per heavy atom. The van der Waals surface area contributed by atoms with Gasteiger partial charge in [0.1, 0.15) is 5.82 Å². The van der Waals surface area contributed by atoms with Gasteiger partial charge in [0.05, 0.1) is 22.5 Å². The molecule has 0 N–H and O–H groups in total. The Morgan fingerprint density at radius 2 is 1.61 bits per heavy atom. The van der Waals surface area contributed by atoms with E-state index < -0.39 is 10.0 Å². The number of sulfonamides is 1. The maximum atomic E-state index is 13.1. The van der Waals surface area contributed by atoms with Crippen LogP contribution in [0.1, 0.15) is 32.0 Å². The molecule has 2 fully saturated rings. The number of piperidine rings is 1. The quantitative estimate of drug-likeness (QED) is 0.555. The molecule has 5 rings (SSSR count). The van der Waals surface area contributed by atoms with Crippen LogP contribution in [0, 0.1) is 0 Å². The second-order valence-electron chi connectivity index (χ2n) is 8.99. The molecule has 2 aromatic carbocycles. The first-order valence-electron chi connectivity index (χ1n) is 12.1. The molecule has 7 nitrogen and oxygen atoms in total. The maximum absolute atomic E-state index is 13.1. The van der Waals surface area contributed by atoms with Crippen molar-refractivity contribution in [2.75, 3.05) is 44.2 Å². The van der Waals surface area contributed by atoms with Crippen LogP contribution in [0.15, 0.2) is 53.4 Å². The van der Waals surface area contributed by atoms with Crippen LogP contribution in [0.5, 0.6) is 0 Å². The maximum Gasteiger partial charge on any atom is 0.243 e. The van der Waals surface area contributed by atoms with Crippen molar-refractivity contribution in [3.8, 4) is 0 Å². The fraction of sp³-hybridized carbons (Fsp3) is 0.480. The Balaban J connectivity index is 1.33. The molecule has 2 saturated heterocycles. The summed E-state index contributed by atoms with van der Waals surface area (Å²) in [6, 6.07) is 16.0. The molecule has 0 aliphatic carbocycles. The van der Waals surface area contributed by atoms with Crippen LogP contribution < -0.4 is 4.90 Å². The van der Waals surface area contributed by atoms with Gasteiger partial charge in [-0.3, -0.25) is 4.90 Å². The van der Waals surface area contributed by atoms with Gasteiger partial charge in [-0.25, -0.2) is 13.4 Å². The van der Waals surface area contributed by atoms with Crippen molar-refractivity contribution in [2.24, 2.45) is 0 Å². The van der Waals surface area contributed by atoms with Gasteiger partial charge in [-0.1, -0.05) is 24.6 Å². The molecule has 2 aliphatic rings. The number of aryl methyl sites for hydroxylation is 1. The van der Waals surface area contributed by atoms with Gasteiger partial charge in [-0.2, -0.15) is 4.31 Å². The third-order valence-corrected chi connectivity index (χ3v) is 8.82. The summed E-state index contributed by atoms with van der Waals surface area (Å²) in [5.74, 6) is 1.01. The van der Waals surface area contributed by atoms with Crippen LogP contribution in [-0.4, -0.2) is 66.4 Å². The van der Waals surface area contributed by atoms with E-state index in [9.17, 15) is 8.42 Å². The Morgan fingerprint density at radius 1 is 0.879 bits per heavy atom. The van der Waals surface area contributed by atoms with Gasteiger partial charge in [0, 0.05) is 51.5 Å². The first kappa shape index (κ1) is 22.4. The Bertz CT molecular complexity index is 1190. The minimum Gasteiger partial charge on any atom is -0.369 e. The summed E-state index contributed by atoms with van der Waals surface area (Å²) in [5, 5.41) is 0. The number of hydrogen-bond acceptors (Lipinski definition) is 5.